The molecule has 0 aliphatic heterocycles. The molecule has 7 heteroatoms. The van der Waals surface area contributed by atoms with Crippen LogP contribution in [-0.4, -0.2) is 15.5 Å². The lowest BCUT2D eigenvalue weighted by Crippen LogP contribution is -2.17. The van der Waals surface area contributed by atoms with Gasteiger partial charge in [0.1, 0.15) is 16.4 Å². The van der Waals surface area contributed by atoms with Crippen molar-refractivity contribution in [2.75, 3.05) is 11.8 Å². The van der Waals surface area contributed by atoms with Crippen molar-refractivity contribution in [2.45, 2.75) is 25.3 Å². The van der Waals surface area contributed by atoms with E-state index in [-0.39, 0.29) is 4.90 Å². The highest BCUT2D eigenvalue weighted by Crippen LogP contribution is 2.28. The SMILES string of the molecule is CNCc1c(C)oc(C)c1S(=O)(=O)Nc1ccsc1. The normalized spacial score (nSPS) is 11.7. The predicted molar refractivity (Wildman–Crippen MR) is 76.1 cm³/mol. The molecule has 0 bridgehead atoms. The van der Waals surface area contributed by atoms with Crippen LogP contribution in [0.15, 0.2) is 26.1 Å². The lowest BCUT2D eigenvalue weighted by molar-refractivity contribution is 0.494. The Hall–Kier alpha value is -1.31. The summed E-state index contributed by atoms with van der Waals surface area (Å²) in [6.45, 7) is 3.88. The maximum absolute atomic E-state index is 12.4. The van der Waals surface area contributed by atoms with E-state index in [4.69, 9.17) is 4.42 Å². The number of nitrogens with one attached hydrogen (secondary N) is 2. The van der Waals surface area contributed by atoms with Gasteiger partial charge in [-0.1, -0.05) is 0 Å². The van der Waals surface area contributed by atoms with E-state index in [9.17, 15) is 8.42 Å². The molecule has 2 rings (SSSR count). The van der Waals surface area contributed by atoms with Gasteiger partial charge in [-0.15, -0.1) is 0 Å². The van der Waals surface area contributed by atoms with Crippen LogP contribution in [0, 0.1) is 13.8 Å². The number of thiophene rings is 1. The molecule has 19 heavy (non-hydrogen) atoms. The number of sulfonamides is 1. The monoisotopic (exact) mass is 300 g/mol. The fourth-order valence-electron chi connectivity index (χ4n) is 1.97. The van der Waals surface area contributed by atoms with Gasteiger partial charge >= 0.3 is 0 Å². The number of hydrogen-bond donors (Lipinski definition) is 2. The van der Waals surface area contributed by atoms with Crippen LogP contribution in [0.1, 0.15) is 17.1 Å². The molecule has 2 heterocycles. The molecule has 5 nitrogen and oxygen atoms in total. The molecule has 0 saturated carbocycles. The third-order valence-electron chi connectivity index (χ3n) is 2.72. The highest BCUT2D eigenvalue weighted by molar-refractivity contribution is 7.92. The van der Waals surface area contributed by atoms with Gasteiger partial charge in [-0.2, -0.15) is 11.3 Å². The standard InChI is InChI=1S/C12H16N2O3S2/c1-8-11(6-13-3)12(9(2)17-8)19(15,16)14-10-4-5-18-7-10/h4-5,7,13-14H,6H2,1-3H3. The first kappa shape index (κ1) is 14.1. The van der Waals surface area contributed by atoms with E-state index < -0.39 is 10.0 Å². The highest BCUT2D eigenvalue weighted by Gasteiger charge is 2.26. The van der Waals surface area contributed by atoms with E-state index in [1.807, 2.05) is 5.38 Å². The van der Waals surface area contributed by atoms with Crippen molar-refractivity contribution in [2.24, 2.45) is 0 Å². The zero-order chi connectivity index (χ0) is 14.0. The Balaban J connectivity index is 2.45. The van der Waals surface area contributed by atoms with Gasteiger partial charge in [-0.05, 0) is 32.3 Å². The van der Waals surface area contributed by atoms with Gasteiger partial charge in [-0.25, -0.2) is 8.42 Å². The molecule has 0 fully saturated rings. The molecular weight excluding hydrogens is 284 g/mol. The Kier molecular flexibility index (Phi) is 3.98. The molecule has 104 valence electrons. The van der Waals surface area contributed by atoms with Gasteiger partial charge in [0.25, 0.3) is 10.0 Å². The molecule has 0 aromatic carbocycles. The lowest BCUT2D eigenvalue weighted by atomic mass is 10.2. The second kappa shape index (κ2) is 5.36. The lowest BCUT2D eigenvalue weighted by Gasteiger charge is -2.08. The van der Waals surface area contributed by atoms with Crippen molar-refractivity contribution < 1.29 is 12.8 Å². The molecule has 0 spiro atoms. The first-order valence-electron chi connectivity index (χ1n) is 5.74. The first-order valence-corrected chi connectivity index (χ1v) is 8.16. The fourth-order valence-corrected chi connectivity index (χ4v) is 4.13. The quantitative estimate of drug-likeness (QED) is 0.890. The molecule has 0 atom stereocenters. The van der Waals surface area contributed by atoms with Crippen molar-refractivity contribution in [1.82, 2.24) is 5.32 Å². The Bertz CT molecular complexity index is 657. The Labute approximate surface area is 116 Å². The van der Waals surface area contributed by atoms with Gasteiger partial charge in [-0.3, -0.25) is 4.72 Å². The summed E-state index contributed by atoms with van der Waals surface area (Å²) in [6, 6.07) is 1.72. The molecule has 0 saturated heterocycles. The summed E-state index contributed by atoms with van der Waals surface area (Å²) in [5.74, 6) is 1.03. The summed E-state index contributed by atoms with van der Waals surface area (Å²) in [6.07, 6.45) is 0. The minimum absolute atomic E-state index is 0.227. The molecule has 2 aromatic heterocycles. The van der Waals surface area contributed by atoms with Crippen molar-refractivity contribution >= 4 is 27.0 Å². The summed E-state index contributed by atoms with van der Waals surface area (Å²) in [7, 11) is -1.85. The maximum Gasteiger partial charge on any atom is 0.265 e. The number of furan rings is 1. The second-order valence-electron chi connectivity index (χ2n) is 4.17. The number of rotatable bonds is 5. The molecule has 0 unspecified atom stereocenters. The second-order valence-corrected chi connectivity index (χ2v) is 6.57. The van der Waals surface area contributed by atoms with E-state index in [0.717, 1.165) is 0 Å². The van der Waals surface area contributed by atoms with E-state index >= 15 is 0 Å². The summed E-state index contributed by atoms with van der Waals surface area (Å²) < 4.78 is 32.9. The van der Waals surface area contributed by atoms with E-state index in [1.165, 1.54) is 11.3 Å². The van der Waals surface area contributed by atoms with Crippen molar-refractivity contribution in [3.05, 3.63) is 33.9 Å². The number of aryl methyl sites for hydroxylation is 2. The average Bonchev–Trinajstić information content (AvgIpc) is 2.88. The average molecular weight is 300 g/mol. The van der Waals surface area contributed by atoms with Gasteiger partial charge in [0.15, 0.2) is 0 Å². The highest BCUT2D eigenvalue weighted by atomic mass is 32.2. The summed E-state index contributed by atoms with van der Waals surface area (Å²) in [5.41, 5.74) is 1.24. The first-order chi connectivity index (χ1) is 8.95. The van der Waals surface area contributed by atoms with Crippen LogP contribution in [0.3, 0.4) is 0 Å². The number of hydrogen-bond acceptors (Lipinski definition) is 5. The van der Waals surface area contributed by atoms with Crippen LogP contribution < -0.4 is 10.0 Å². The molecule has 0 radical (unpaired) electrons. The van der Waals surface area contributed by atoms with Gasteiger partial charge in [0.2, 0.25) is 0 Å². The van der Waals surface area contributed by atoms with Gasteiger partial charge < -0.3 is 9.73 Å². The third-order valence-corrected chi connectivity index (χ3v) is 4.98. The summed E-state index contributed by atoms with van der Waals surface area (Å²) in [5, 5.41) is 6.53. The molecule has 0 aliphatic carbocycles. The van der Waals surface area contributed by atoms with Crippen LogP contribution >= 0.6 is 11.3 Å². The van der Waals surface area contributed by atoms with Crippen LogP contribution in [0.25, 0.3) is 0 Å². The van der Waals surface area contributed by atoms with E-state index in [1.54, 1.807) is 32.3 Å². The third kappa shape index (κ3) is 2.83. The summed E-state index contributed by atoms with van der Waals surface area (Å²) >= 11 is 1.44. The topological polar surface area (TPSA) is 71.3 Å². The van der Waals surface area contributed by atoms with Crippen LogP contribution in [0.4, 0.5) is 5.69 Å². The molecule has 2 N–H and O–H groups in total. The zero-order valence-electron chi connectivity index (χ0n) is 11.0. The smallest absolute Gasteiger partial charge is 0.265 e. The number of anilines is 1. The van der Waals surface area contributed by atoms with Crippen molar-refractivity contribution in [3.8, 4) is 0 Å². The maximum atomic E-state index is 12.4. The van der Waals surface area contributed by atoms with Crippen LogP contribution in [0.5, 0.6) is 0 Å². The molecule has 2 aromatic rings. The fraction of sp³-hybridized carbons (Fsp3) is 0.333. The Morgan fingerprint density at radius 2 is 2.05 bits per heavy atom. The largest absolute Gasteiger partial charge is 0.465 e. The molecule has 0 aliphatic rings. The summed E-state index contributed by atoms with van der Waals surface area (Å²) in [4.78, 5) is 0.227. The van der Waals surface area contributed by atoms with Crippen LogP contribution in [0.2, 0.25) is 0 Å². The zero-order valence-corrected chi connectivity index (χ0v) is 12.6. The molecular formula is C12H16N2O3S2. The van der Waals surface area contributed by atoms with Crippen LogP contribution in [-0.2, 0) is 16.6 Å². The van der Waals surface area contributed by atoms with E-state index in [2.05, 4.69) is 10.0 Å². The Morgan fingerprint density at radius 1 is 1.32 bits per heavy atom. The predicted octanol–water partition coefficient (Wildman–Crippen LogP) is 2.48. The van der Waals surface area contributed by atoms with Crippen molar-refractivity contribution in [3.63, 3.8) is 0 Å². The molecule has 0 amide bonds. The van der Waals surface area contributed by atoms with Crippen molar-refractivity contribution in [1.29, 1.82) is 0 Å². The minimum atomic E-state index is -3.62. The van der Waals surface area contributed by atoms with Gasteiger partial charge in [0, 0.05) is 17.5 Å². The minimum Gasteiger partial charge on any atom is -0.465 e. The Morgan fingerprint density at radius 3 is 2.63 bits per heavy atom. The van der Waals surface area contributed by atoms with Gasteiger partial charge in [0.05, 0.1) is 5.69 Å². The van der Waals surface area contributed by atoms with E-state index in [0.29, 0.717) is 29.3 Å².